The zero-order valence-corrected chi connectivity index (χ0v) is 13.1. The van der Waals surface area contributed by atoms with Gasteiger partial charge in [0.2, 0.25) is 6.33 Å². The maximum atomic E-state index is 2.38. The van der Waals surface area contributed by atoms with E-state index in [0.29, 0.717) is 0 Å². The normalized spacial score (nSPS) is 11.2. The Hall–Kier alpha value is -2.09. The molecule has 3 rings (SSSR count). The maximum absolute atomic E-state index is 2.38. The molecule has 0 N–H and O–H groups in total. The highest BCUT2D eigenvalue weighted by atomic mass is 15.1. The van der Waals surface area contributed by atoms with Crippen molar-refractivity contribution in [2.45, 2.75) is 40.2 Å². The molecule has 0 bridgehead atoms. The molecule has 2 aromatic carbocycles. The SMILES string of the molecule is CCCC[n+]1cn(-c2cc(C)ccc2C)c2ccccc21. The van der Waals surface area contributed by atoms with Gasteiger partial charge in [-0.15, -0.1) is 0 Å². The summed E-state index contributed by atoms with van der Waals surface area (Å²) in [5.41, 5.74) is 6.48. The Bertz CT molecular complexity index is 768. The first-order valence-corrected chi connectivity index (χ1v) is 7.78. The summed E-state index contributed by atoms with van der Waals surface area (Å²) in [5, 5.41) is 0. The van der Waals surface area contributed by atoms with Gasteiger partial charge in [0, 0.05) is 0 Å². The van der Waals surface area contributed by atoms with Crippen molar-refractivity contribution < 1.29 is 4.57 Å². The molecule has 1 heterocycles. The number of aromatic nitrogens is 2. The van der Waals surface area contributed by atoms with Crippen LogP contribution >= 0.6 is 0 Å². The zero-order chi connectivity index (χ0) is 14.8. The van der Waals surface area contributed by atoms with Crippen molar-refractivity contribution in [1.82, 2.24) is 4.57 Å². The van der Waals surface area contributed by atoms with Crippen LogP contribution in [-0.2, 0) is 6.54 Å². The number of rotatable bonds is 4. The van der Waals surface area contributed by atoms with Crippen LogP contribution in [0.3, 0.4) is 0 Å². The van der Waals surface area contributed by atoms with Gasteiger partial charge in [0.05, 0.1) is 6.54 Å². The zero-order valence-electron chi connectivity index (χ0n) is 13.1. The molecule has 0 amide bonds. The van der Waals surface area contributed by atoms with E-state index in [0.717, 1.165) is 6.54 Å². The largest absolute Gasteiger partial charge is 0.249 e. The van der Waals surface area contributed by atoms with Gasteiger partial charge in [0.15, 0.2) is 11.0 Å². The van der Waals surface area contributed by atoms with Crippen LogP contribution in [0.25, 0.3) is 16.7 Å². The summed E-state index contributed by atoms with van der Waals surface area (Å²) in [6.45, 7) is 7.65. The average Bonchev–Trinajstić information content (AvgIpc) is 2.86. The summed E-state index contributed by atoms with van der Waals surface area (Å²) >= 11 is 0. The van der Waals surface area contributed by atoms with Crippen LogP contribution in [0.2, 0.25) is 0 Å². The second kappa shape index (κ2) is 5.72. The van der Waals surface area contributed by atoms with Gasteiger partial charge >= 0.3 is 0 Å². The predicted molar refractivity (Wildman–Crippen MR) is 87.9 cm³/mol. The molecule has 0 unspecified atom stereocenters. The fraction of sp³-hybridized carbons (Fsp3) is 0.316. The van der Waals surface area contributed by atoms with E-state index in [2.05, 4.69) is 78.7 Å². The number of para-hydroxylation sites is 2. The molecule has 0 aliphatic heterocycles. The van der Waals surface area contributed by atoms with Crippen LogP contribution in [0.15, 0.2) is 48.8 Å². The molecular weight excluding hydrogens is 256 g/mol. The lowest BCUT2D eigenvalue weighted by atomic mass is 10.1. The Morgan fingerprint density at radius 3 is 2.67 bits per heavy atom. The van der Waals surface area contributed by atoms with Gasteiger partial charge in [0.25, 0.3) is 0 Å². The molecule has 108 valence electrons. The van der Waals surface area contributed by atoms with Crippen molar-refractivity contribution in [2.24, 2.45) is 0 Å². The van der Waals surface area contributed by atoms with Gasteiger partial charge in [-0.25, -0.2) is 4.57 Å². The van der Waals surface area contributed by atoms with E-state index in [9.17, 15) is 0 Å². The fourth-order valence-corrected chi connectivity index (χ4v) is 2.85. The first-order chi connectivity index (χ1) is 10.2. The van der Waals surface area contributed by atoms with Crippen molar-refractivity contribution in [3.63, 3.8) is 0 Å². The standard InChI is InChI=1S/C19H23N2/c1-4-5-12-20-14-21(18-9-7-6-8-17(18)20)19-13-15(2)10-11-16(19)3/h6-11,13-14H,4-5,12H2,1-3H3/q+1. The topological polar surface area (TPSA) is 8.81 Å². The summed E-state index contributed by atoms with van der Waals surface area (Å²) in [5.74, 6) is 0. The van der Waals surface area contributed by atoms with Gasteiger partial charge < -0.3 is 0 Å². The minimum absolute atomic E-state index is 1.08. The first-order valence-electron chi connectivity index (χ1n) is 7.78. The van der Waals surface area contributed by atoms with Crippen LogP contribution in [0.5, 0.6) is 0 Å². The lowest BCUT2D eigenvalue weighted by Gasteiger charge is -2.03. The molecule has 1 aromatic heterocycles. The highest BCUT2D eigenvalue weighted by molar-refractivity contribution is 5.74. The molecule has 0 aliphatic carbocycles. The van der Waals surface area contributed by atoms with E-state index in [-0.39, 0.29) is 0 Å². The van der Waals surface area contributed by atoms with Crippen molar-refractivity contribution in [1.29, 1.82) is 0 Å². The summed E-state index contributed by atoms with van der Waals surface area (Å²) in [4.78, 5) is 0. The Labute approximate surface area is 126 Å². The number of benzene rings is 2. The Morgan fingerprint density at radius 2 is 1.86 bits per heavy atom. The van der Waals surface area contributed by atoms with Crippen LogP contribution < -0.4 is 4.57 Å². The van der Waals surface area contributed by atoms with Crippen LogP contribution in [0, 0.1) is 13.8 Å². The van der Waals surface area contributed by atoms with E-state index in [1.54, 1.807) is 0 Å². The smallest absolute Gasteiger partial charge is 0.229 e. The number of aryl methyl sites for hydroxylation is 3. The number of unbranched alkanes of at least 4 members (excludes halogenated alkanes) is 1. The highest BCUT2D eigenvalue weighted by Crippen LogP contribution is 2.21. The monoisotopic (exact) mass is 279 g/mol. The minimum atomic E-state index is 1.08. The third kappa shape index (κ3) is 2.58. The van der Waals surface area contributed by atoms with E-state index in [1.165, 1.54) is 40.7 Å². The number of fused-ring (bicyclic) bond motifs is 1. The number of hydrogen-bond donors (Lipinski definition) is 0. The van der Waals surface area contributed by atoms with E-state index in [4.69, 9.17) is 0 Å². The number of hydrogen-bond acceptors (Lipinski definition) is 0. The average molecular weight is 279 g/mol. The molecule has 3 aromatic rings. The minimum Gasteiger partial charge on any atom is -0.229 e. The molecule has 0 saturated heterocycles. The van der Waals surface area contributed by atoms with Crippen molar-refractivity contribution >= 4 is 11.0 Å². The molecule has 0 atom stereocenters. The van der Waals surface area contributed by atoms with E-state index < -0.39 is 0 Å². The van der Waals surface area contributed by atoms with E-state index >= 15 is 0 Å². The van der Waals surface area contributed by atoms with Crippen LogP contribution in [0.1, 0.15) is 30.9 Å². The first kappa shape index (κ1) is 13.9. The molecule has 0 spiro atoms. The summed E-state index contributed by atoms with van der Waals surface area (Å²) < 4.78 is 4.70. The maximum Gasteiger partial charge on any atom is 0.249 e. The van der Waals surface area contributed by atoms with E-state index in [1.807, 2.05) is 0 Å². The quantitative estimate of drug-likeness (QED) is 0.628. The molecule has 2 nitrogen and oxygen atoms in total. The van der Waals surface area contributed by atoms with Crippen molar-refractivity contribution in [3.05, 3.63) is 59.9 Å². The third-order valence-electron chi connectivity index (χ3n) is 4.08. The summed E-state index contributed by atoms with van der Waals surface area (Å²) in [6.07, 6.45) is 4.68. The fourth-order valence-electron chi connectivity index (χ4n) is 2.85. The van der Waals surface area contributed by atoms with Gasteiger partial charge in [-0.1, -0.05) is 37.6 Å². The summed E-state index contributed by atoms with van der Waals surface area (Å²) in [7, 11) is 0. The van der Waals surface area contributed by atoms with Crippen LogP contribution in [0.4, 0.5) is 0 Å². The number of nitrogens with zero attached hydrogens (tertiary/aromatic N) is 2. The van der Waals surface area contributed by atoms with Gasteiger partial charge in [-0.05, 0) is 49.6 Å². The molecule has 0 fully saturated rings. The Balaban J connectivity index is 2.20. The summed E-state index contributed by atoms with van der Waals surface area (Å²) in [6, 6.07) is 15.3. The van der Waals surface area contributed by atoms with Gasteiger partial charge in [0.1, 0.15) is 5.69 Å². The lowest BCUT2D eigenvalue weighted by molar-refractivity contribution is -0.672. The second-order valence-corrected chi connectivity index (χ2v) is 5.81. The Kier molecular flexibility index (Phi) is 3.78. The predicted octanol–water partition coefficient (Wildman–Crippen LogP) is 4.33. The molecule has 0 aliphatic rings. The van der Waals surface area contributed by atoms with Crippen LogP contribution in [-0.4, -0.2) is 4.57 Å². The molecular formula is C19H23N2+. The molecule has 2 heteroatoms. The van der Waals surface area contributed by atoms with Gasteiger partial charge in [-0.2, -0.15) is 4.57 Å². The molecule has 21 heavy (non-hydrogen) atoms. The van der Waals surface area contributed by atoms with Crippen molar-refractivity contribution in [3.8, 4) is 5.69 Å². The lowest BCUT2D eigenvalue weighted by Crippen LogP contribution is -2.32. The Morgan fingerprint density at radius 1 is 1.05 bits per heavy atom. The molecule has 0 radical (unpaired) electrons. The second-order valence-electron chi connectivity index (χ2n) is 5.81. The highest BCUT2D eigenvalue weighted by Gasteiger charge is 2.17. The molecule has 0 saturated carbocycles. The third-order valence-corrected chi connectivity index (χ3v) is 4.08. The van der Waals surface area contributed by atoms with Gasteiger partial charge in [-0.3, -0.25) is 0 Å². The van der Waals surface area contributed by atoms with Crippen molar-refractivity contribution in [2.75, 3.05) is 0 Å². The number of imidazole rings is 1.